The van der Waals surface area contributed by atoms with Gasteiger partial charge < -0.3 is 5.11 Å². The summed E-state index contributed by atoms with van der Waals surface area (Å²) in [4.78, 5) is 12.6. The van der Waals surface area contributed by atoms with Crippen LogP contribution in [-0.4, -0.2) is 38.8 Å². The summed E-state index contributed by atoms with van der Waals surface area (Å²) in [5.41, 5.74) is 1.01. The minimum Gasteiger partial charge on any atom is -0.480 e. The second kappa shape index (κ2) is 4.44. The van der Waals surface area contributed by atoms with E-state index in [0.29, 0.717) is 0 Å². The summed E-state index contributed by atoms with van der Waals surface area (Å²) < 4.78 is 1.76. The lowest BCUT2D eigenvalue weighted by atomic mass is 10.1. The van der Waals surface area contributed by atoms with Crippen molar-refractivity contribution in [2.45, 2.75) is 25.9 Å². The molecule has 0 fully saturated rings. The molecule has 0 radical (unpaired) electrons. The summed E-state index contributed by atoms with van der Waals surface area (Å²) >= 11 is 0. The number of aromatic nitrogens is 2. The van der Waals surface area contributed by atoms with Gasteiger partial charge in [-0.05, 0) is 27.0 Å². The molecule has 0 amide bonds. The highest BCUT2D eigenvalue weighted by molar-refractivity contribution is 5.72. The van der Waals surface area contributed by atoms with Gasteiger partial charge in [-0.3, -0.25) is 14.4 Å². The van der Waals surface area contributed by atoms with Crippen molar-refractivity contribution in [3.8, 4) is 0 Å². The number of carboxylic acid groups (broad SMARTS) is 1. The van der Waals surface area contributed by atoms with Gasteiger partial charge in [0.15, 0.2) is 0 Å². The van der Waals surface area contributed by atoms with Crippen molar-refractivity contribution < 1.29 is 9.90 Å². The van der Waals surface area contributed by atoms with Gasteiger partial charge in [0, 0.05) is 19.3 Å². The van der Waals surface area contributed by atoms with E-state index in [-0.39, 0.29) is 6.04 Å². The highest BCUT2D eigenvalue weighted by atomic mass is 16.4. The zero-order valence-electron chi connectivity index (χ0n) is 9.51. The average Bonchev–Trinajstić information content (AvgIpc) is 2.60. The van der Waals surface area contributed by atoms with Crippen molar-refractivity contribution in [2.24, 2.45) is 7.05 Å². The molecule has 1 aromatic heterocycles. The van der Waals surface area contributed by atoms with Crippen molar-refractivity contribution >= 4 is 5.97 Å². The van der Waals surface area contributed by atoms with Gasteiger partial charge >= 0.3 is 5.97 Å². The minimum atomic E-state index is -0.813. The minimum absolute atomic E-state index is 0.0311. The van der Waals surface area contributed by atoms with Crippen LogP contribution in [0.4, 0.5) is 0 Å². The topological polar surface area (TPSA) is 58.4 Å². The molecule has 0 aliphatic heterocycles. The van der Waals surface area contributed by atoms with Gasteiger partial charge in [-0.1, -0.05) is 0 Å². The Hall–Kier alpha value is -1.36. The maximum Gasteiger partial charge on any atom is 0.320 e. The Morgan fingerprint density at radius 1 is 1.60 bits per heavy atom. The smallest absolute Gasteiger partial charge is 0.320 e. The molecule has 2 unspecified atom stereocenters. The van der Waals surface area contributed by atoms with Crippen LogP contribution in [0.2, 0.25) is 0 Å². The summed E-state index contributed by atoms with van der Waals surface area (Å²) in [6.45, 7) is 3.64. The molecule has 2 atom stereocenters. The number of nitrogens with zero attached hydrogens (tertiary/aromatic N) is 3. The van der Waals surface area contributed by atoms with Gasteiger partial charge in [0.25, 0.3) is 0 Å². The first-order valence-electron chi connectivity index (χ1n) is 4.87. The first kappa shape index (κ1) is 11.7. The molecule has 5 heteroatoms. The largest absolute Gasteiger partial charge is 0.480 e. The number of likely N-dealkylation sites (N-methyl/N-ethyl adjacent to an activating group) is 1. The molecule has 0 aromatic carbocycles. The second-order valence-corrected chi connectivity index (χ2v) is 3.74. The lowest BCUT2D eigenvalue weighted by molar-refractivity contribution is -0.142. The predicted molar refractivity (Wildman–Crippen MR) is 56.5 cm³/mol. The van der Waals surface area contributed by atoms with Gasteiger partial charge in [0.05, 0.1) is 5.69 Å². The number of aryl methyl sites for hydroxylation is 1. The van der Waals surface area contributed by atoms with E-state index in [1.54, 1.807) is 29.7 Å². The molecule has 15 heavy (non-hydrogen) atoms. The second-order valence-electron chi connectivity index (χ2n) is 3.74. The number of hydrogen-bond acceptors (Lipinski definition) is 3. The molecule has 84 valence electrons. The maximum absolute atomic E-state index is 10.8. The highest BCUT2D eigenvalue weighted by Gasteiger charge is 2.23. The normalized spacial score (nSPS) is 15.3. The molecule has 0 saturated heterocycles. The standard InChI is InChI=1S/C10H17N3O2/c1-7(9-5-6-11-13(9)4)12(3)8(2)10(14)15/h5-8H,1-4H3,(H,14,15). The summed E-state index contributed by atoms with van der Waals surface area (Å²) in [5, 5.41) is 13.0. The highest BCUT2D eigenvalue weighted by Crippen LogP contribution is 2.19. The SMILES string of the molecule is CC(C(=O)O)N(C)C(C)c1ccnn1C. The summed E-state index contributed by atoms with van der Waals surface area (Å²) in [6, 6.07) is 1.42. The van der Waals surface area contributed by atoms with Crippen molar-refractivity contribution in [1.29, 1.82) is 0 Å². The van der Waals surface area contributed by atoms with E-state index in [4.69, 9.17) is 5.11 Å². The Bertz CT molecular complexity index is 348. The molecule has 0 bridgehead atoms. The number of carbonyl (C=O) groups is 1. The van der Waals surface area contributed by atoms with Gasteiger partial charge in [-0.15, -0.1) is 0 Å². The zero-order chi connectivity index (χ0) is 11.6. The van der Waals surface area contributed by atoms with Crippen LogP contribution >= 0.6 is 0 Å². The Morgan fingerprint density at radius 3 is 2.60 bits per heavy atom. The van der Waals surface area contributed by atoms with Crippen LogP contribution in [0.3, 0.4) is 0 Å². The lowest BCUT2D eigenvalue weighted by Crippen LogP contribution is -2.38. The van der Waals surface area contributed by atoms with Crippen LogP contribution < -0.4 is 0 Å². The Kier molecular flexibility index (Phi) is 3.47. The van der Waals surface area contributed by atoms with E-state index in [0.717, 1.165) is 5.69 Å². The molecule has 5 nitrogen and oxygen atoms in total. The first-order valence-corrected chi connectivity index (χ1v) is 4.87. The fraction of sp³-hybridized carbons (Fsp3) is 0.600. The first-order chi connectivity index (χ1) is 6.95. The fourth-order valence-corrected chi connectivity index (χ4v) is 1.51. The third-order valence-electron chi connectivity index (χ3n) is 2.87. The number of hydrogen-bond donors (Lipinski definition) is 1. The molecule has 1 N–H and O–H groups in total. The number of carboxylic acids is 1. The molecular formula is C10H17N3O2. The summed E-state index contributed by atoms with van der Waals surface area (Å²) in [7, 11) is 3.65. The average molecular weight is 211 g/mol. The summed E-state index contributed by atoms with van der Waals surface area (Å²) in [5.74, 6) is -0.813. The van der Waals surface area contributed by atoms with E-state index < -0.39 is 12.0 Å². The molecule has 1 aromatic rings. The Morgan fingerprint density at radius 2 is 2.20 bits per heavy atom. The third-order valence-corrected chi connectivity index (χ3v) is 2.87. The molecule has 0 aliphatic rings. The number of rotatable bonds is 4. The van der Waals surface area contributed by atoms with Gasteiger partial charge in [0.1, 0.15) is 6.04 Å². The van der Waals surface area contributed by atoms with Crippen molar-refractivity contribution in [2.75, 3.05) is 7.05 Å². The van der Waals surface area contributed by atoms with Gasteiger partial charge in [-0.25, -0.2) is 0 Å². The van der Waals surface area contributed by atoms with Gasteiger partial charge in [-0.2, -0.15) is 5.10 Å². The lowest BCUT2D eigenvalue weighted by Gasteiger charge is -2.28. The monoisotopic (exact) mass is 211 g/mol. The summed E-state index contributed by atoms with van der Waals surface area (Å²) in [6.07, 6.45) is 1.71. The Labute approximate surface area is 89.3 Å². The van der Waals surface area contributed by atoms with E-state index in [1.165, 1.54) is 0 Å². The van der Waals surface area contributed by atoms with Crippen LogP contribution in [0.1, 0.15) is 25.6 Å². The van der Waals surface area contributed by atoms with Crippen molar-refractivity contribution in [1.82, 2.24) is 14.7 Å². The van der Waals surface area contributed by atoms with Crippen LogP contribution in [-0.2, 0) is 11.8 Å². The van der Waals surface area contributed by atoms with Crippen molar-refractivity contribution in [3.05, 3.63) is 18.0 Å². The molecule has 0 spiro atoms. The fourth-order valence-electron chi connectivity index (χ4n) is 1.51. The molecule has 0 saturated carbocycles. The van der Waals surface area contributed by atoms with Crippen molar-refractivity contribution in [3.63, 3.8) is 0 Å². The van der Waals surface area contributed by atoms with E-state index in [9.17, 15) is 4.79 Å². The van der Waals surface area contributed by atoms with Gasteiger partial charge in [0.2, 0.25) is 0 Å². The third kappa shape index (κ3) is 2.36. The van der Waals surface area contributed by atoms with Crippen LogP contribution in [0, 0.1) is 0 Å². The quantitative estimate of drug-likeness (QED) is 0.803. The molecule has 1 rings (SSSR count). The number of aliphatic carboxylic acids is 1. The Balaban J connectivity index is 2.81. The van der Waals surface area contributed by atoms with E-state index in [1.807, 2.05) is 20.0 Å². The van der Waals surface area contributed by atoms with Crippen LogP contribution in [0.15, 0.2) is 12.3 Å². The zero-order valence-corrected chi connectivity index (χ0v) is 9.51. The molecular weight excluding hydrogens is 194 g/mol. The van der Waals surface area contributed by atoms with E-state index in [2.05, 4.69) is 5.10 Å². The van der Waals surface area contributed by atoms with E-state index >= 15 is 0 Å². The maximum atomic E-state index is 10.8. The molecule has 1 heterocycles. The molecule has 0 aliphatic carbocycles. The predicted octanol–water partition coefficient (Wildman–Crippen LogP) is 0.886. The van der Waals surface area contributed by atoms with Crippen LogP contribution in [0.5, 0.6) is 0 Å². The van der Waals surface area contributed by atoms with Crippen LogP contribution in [0.25, 0.3) is 0 Å².